The Morgan fingerprint density at radius 3 is 1.37 bits per heavy atom. The zero-order valence-electron chi connectivity index (χ0n) is 35.9. The van der Waals surface area contributed by atoms with Gasteiger partial charge < -0.3 is 8.83 Å². The maximum Gasteiger partial charge on any atom is 0.227 e. The Bertz CT molecular complexity index is 4250. The molecule has 14 rings (SSSR count). The van der Waals surface area contributed by atoms with Crippen molar-refractivity contribution in [3.05, 3.63) is 195 Å². The Hall–Kier alpha value is -9.54. The van der Waals surface area contributed by atoms with E-state index in [1.54, 1.807) is 24.8 Å². The summed E-state index contributed by atoms with van der Waals surface area (Å²) in [5, 5.41) is 6.21. The molecule has 0 spiro atoms. The SMILES string of the molecule is c1ccc(-c2nc3c(ccc4oc5cccc(-c6ccc(-c7ccc(-c8nc(-c9cccc%10nccnc9%10)nc(-c9cccc%10nccnc9%10)n8)c8ccccc78)c7ccccc67)c5c43)o2)cc1. The lowest BCUT2D eigenvalue weighted by Gasteiger charge is -2.16. The number of oxazole rings is 1. The van der Waals surface area contributed by atoms with Crippen LogP contribution in [0.5, 0.6) is 0 Å². The number of para-hydroxylation sites is 2. The van der Waals surface area contributed by atoms with Gasteiger partial charge in [0.1, 0.15) is 16.7 Å². The number of nitrogens with zero attached hydrogens (tertiary/aromatic N) is 8. The van der Waals surface area contributed by atoms with E-state index in [0.29, 0.717) is 40.0 Å². The molecule has 0 radical (unpaired) electrons. The van der Waals surface area contributed by atoms with Crippen LogP contribution >= 0.6 is 0 Å². The second-order valence-electron chi connectivity index (χ2n) is 16.6. The first kappa shape index (κ1) is 37.8. The van der Waals surface area contributed by atoms with Crippen LogP contribution in [-0.2, 0) is 0 Å². The molecule has 0 aliphatic carbocycles. The number of hydrogen-bond acceptors (Lipinski definition) is 10. The molecule has 9 aromatic carbocycles. The van der Waals surface area contributed by atoms with Crippen LogP contribution < -0.4 is 0 Å². The van der Waals surface area contributed by atoms with Gasteiger partial charge in [0.15, 0.2) is 23.1 Å². The Balaban J connectivity index is 0.951. The lowest BCUT2D eigenvalue weighted by Crippen LogP contribution is -2.02. The molecule has 0 amide bonds. The Kier molecular flexibility index (Phi) is 8.34. The maximum atomic E-state index is 6.53. The molecule has 5 aromatic heterocycles. The summed E-state index contributed by atoms with van der Waals surface area (Å²) in [6.45, 7) is 0. The molecule has 10 heteroatoms. The summed E-state index contributed by atoms with van der Waals surface area (Å²) in [7, 11) is 0. The summed E-state index contributed by atoms with van der Waals surface area (Å²) in [6.07, 6.45) is 6.76. The number of rotatable bonds is 6. The summed E-state index contributed by atoms with van der Waals surface area (Å²) in [4.78, 5) is 39.1. The van der Waals surface area contributed by atoms with Gasteiger partial charge in [-0.15, -0.1) is 0 Å². The highest BCUT2D eigenvalue weighted by atomic mass is 16.4. The maximum absolute atomic E-state index is 6.53. The van der Waals surface area contributed by atoms with Crippen molar-refractivity contribution in [1.29, 1.82) is 0 Å². The number of fused-ring (bicyclic) bond motifs is 9. The highest BCUT2D eigenvalue weighted by Gasteiger charge is 2.23. The van der Waals surface area contributed by atoms with Crippen LogP contribution in [0.25, 0.3) is 145 Å². The minimum absolute atomic E-state index is 0.480. The van der Waals surface area contributed by atoms with Gasteiger partial charge in [-0.2, -0.15) is 0 Å². The van der Waals surface area contributed by atoms with Gasteiger partial charge in [-0.3, -0.25) is 19.9 Å². The minimum Gasteiger partial charge on any atom is -0.456 e. The molecule has 0 atom stereocenters. The fourth-order valence-corrected chi connectivity index (χ4v) is 9.80. The molecule has 5 heterocycles. The molecule has 0 fully saturated rings. The fraction of sp³-hybridized carbons (Fsp3) is 0. The van der Waals surface area contributed by atoms with E-state index in [1.807, 2.05) is 84.9 Å². The zero-order chi connectivity index (χ0) is 44.7. The van der Waals surface area contributed by atoms with Crippen molar-refractivity contribution in [2.24, 2.45) is 0 Å². The van der Waals surface area contributed by atoms with Crippen LogP contribution in [0.3, 0.4) is 0 Å². The van der Waals surface area contributed by atoms with E-state index in [2.05, 4.69) is 94.9 Å². The van der Waals surface area contributed by atoms with Crippen LogP contribution in [0.15, 0.2) is 203 Å². The smallest absolute Gasteiger partial charge is 0.227 e. The van der Waals surface area contributed by atoms with Crippen molar-refractivity contribution in [3.63, 3.8) is 0 Å². The first-order valence-corrected chi connectivity index (χ1v) is 22.2. The van der Waals surface area contributed by atoms with E-state index in [1.165, 1.54) is 0 Å². The van der Waals surface area contributed by atoms with Crippen LogP contribution in [0.1, 0.15) is 0 Å². The minimum atomic E-state index is 0.480. The van der Waals surface area contributed by atoms with E-state index in [0.717, 1.165) is 105 Å². The monoisotopic (exact) mass is 872 g/mol. The topological polar surface area (TPSA) is 129 Å². The third-order valence-electron chi connectivity index (χ3n) is 12.8. The van der Waals surface area contributed by atoms with Gasteiger partial charge in [-0.1, -0.05) is 109 Å². The molecule has 0 saturated heterocycles. The largest absolute Gasteiger partial charge is 0.456 e. The summed E-state index contributed by atoms with van der Waals surface area (Å²) < 4.78 is 12.9. The van der Waals surface area contributed by atoms with Crippen molar-refractivity contribution >= 4 is 76.6 Å². The van der Waals surface area contributed by atoms with Crippen LogP contribution in [0.4, 0.5) is 0 Å². The quantitative estimate of drug-likeness (QED) is 0.159. The molecule has 14 aromatic rings. The number of aromatic nitrogens is 8. The lowest BCUT2D eigenvalue weighted by molar-refractivity contribution is 0.619. The highest BCUT2D eigenvalue weighted by molar-refractivity contribution is 6.23. The molecule has 68 heavy (non-hydrogen) atoms. The normalized spacial score (nSPS) is 11.8. The molecule has 0 bridgehead atoms. The van der Waals surface area contributed by atoms with Crippen molar-refractivity contribution in [1.82, 2.24) is 39.9 Å². The third-order valence-corrected chi connectivity index (χ3v) is 12.8. The zero-order valence-corrected chi connectivity index (χ0v) is 35.9. The molecular formula is C58H32N8O2. The van der Waals surface area contributed by atoms with Gasteiger partial charge >= 0.3 is 0 Å². The summed E-state index contributed by atoms with van der Waals surface area (Å²) in [6, 6.07) is 57.8. The van der Waals surface area contributed by atoms with E-state index in [4.69, 9.17) is 38.7 Å². The first-order chi connectivity index (χ1) is 33.7. The molecule has 0 saturated carbocycles. The first-order valence-electron chi connectivity index (χ1n) is 22.2. The van der Waals surface area contributed by atoms with E-state index >= 15 is 0 Å². The van der Waals surface area contributed by atoms with Crippen molar-refractivity contribution in [2.45, 2.75) is 0 Å². The fourth-order valence-electron chi connectivity index (χ4n) is 9.80. The van der Waals surface area contributed by atoms with Gasteiger partial charge in [-0.05, 0) is 104 Å². The molecule has 0 unspecified atom stereocenters. The van der Waals surface area contributed by atoms with E-state index in [-0.39, 0.29) is 0 Å². The Morgan fingerprint density at radius 2 is 0.750 bits per heavy atom. The Morgan fingerprint density at radius 1 is 0.279 bits per heavy atom. The average Bonchev–Trinajstić information content (AvgIpc) is 4.03. The van der Waals surface area contributed by atoms with Gasteiger partial charge in [-0.25, -0.2) is 19.9 Å². The number of furan rings is 1. The molecule has 0 N–H and O–H groups in total. The third kappa shape index (κ3) is 5.91. The molecule has 0 aliphatic rings. The average molecular weight is 873 g/mol. The molecular weight excluding hydrogens is 841 g/mol. The van der Waals surface area contributed by atoms with Gasteiger partial charge in [0.2, 0.25) is 5.89 Å². The second kappa shape index (κ2) is 15.0. The summed E-state index contributed by atoms with van der Waals surface area (Å²) in [5.74, 6) is 2.05. The Labute approximate surface area is 386 Å². The van der Waals surface area contributed by atoms with Crippen molar-refractivity contribution in [2.75, 3.05) is 0 Å². The standard InChI is InChI=1S/C58H32N8O2/c1-2-11-33(12-3-1)58-63-54-49(68-58)28-27-48-51(54)50-41(17-10-22-47(50)67-48)40-24-23-38(34-13-4-5-14-35(34)40)39-25-26-42(37-16-7-6-15-36(37)39)55-64-56(43-18-8-20-45-52(43)61-31-29-59-45)66-57(65-55)44-19-9-21-46-53(44)62-32-30-60-46/h1-32H. The van der Waals surface area contributed by atoms with Crippen LogP contribution in [0.2, 0.25) is 0 Å². The lowest BCUT2D eigenvalue weighted by atomic mass is 9.88. The van der Waals surface area contributed by atoms with Crippen LogP contribution in [0, 0.1) is 0 Å². The van der Waals surface area contributed by atoms with Gasteiger partial charge in [0, 0.05) is 52.4 Å². The predicted octanol–water partition coefficient (Wildman–Crippen LogP) is 14.1. The summed E-state index contributed by atoms with van der Waals surface area (Å²) >= 11 is 0. The van der Waals surface area contributed by atoms with E-state index < -0.39 is 0 Å². The molecule has 10 nitrogen and oxygen atoms in total. The van der Waals surface area contributed by atoms with Crippen molar-refractivity contribution in [3.8, 4) is 67.9 Å². The second-order valence-corrected chi connectivity index (χ2v) is 16.6. The van der Waals surface area contributed by atoms with Gasteiger partial charge in [0.25, 0.3) is 0 Å². The summed E-state index contributed by atoms with van der Waals surface area (Å²) in [5.41, 5.74) is 13.5. The van der Waals surface area contributed by atoms with Crippen molar-refractivity contribution < 1.29 is 8.83 Å². The van der Waals surface area contributed by atoms with E-state index in [9.17, 15) is 0 Å². The van der Waals surface area contributed by atoms with Crippen LogP contribution in [-0.4, -0.2) is 39.9 Å². The van der Waals surface area contributed by atoms with Gasteiger partial charge in [0.05, 0.1) is 27.5 Å². The highest BCUT2D eigenvalue weighted by Crippen LogP contribution is 2.45. The molecule has 316 valence electrons. The number of hydrogen-bond donors (Lipinski definition) is 0. The predicted molar refractivity (Wildman–Crippen MR) is 268 cm³/mol. The molecule has 0 aliphatic heterocycles. The number of benzene rings is 9.